The fourth-order valence-electron chi connectivity index (χ4n) is 2.68. The average molecular weight is 389 g/mol. The lowest BCUT2D eigenvalue weighted by atomic mass is 10.3. The largest absolute Gasteiger partial charge is 0.493 e. The first-order valence-electron chi connectivity index (χ1n) is 8.19. The molecule has 3 aromatic rings. The smallest absolute Gasteiger partial charge is 0.332 e. The molecule has 2 heterocycles. The molecule has 8 nitrogen and oxygen atoms in total. The van der Waals surface area contributed by atoms with Crippen LogP contribution in [0.1, 0.15) is 6.92 Å². The molecule has 0 saturated heterocycles. The Morgan fingerprint density at radius 2 is 1.93 bits per heavy atom. The van der Waals surface area contributed by atoms with Gasteiger partial charge in [-0.2, -0.15) is 0 Å². The van der Waals surface area contributed by atoms with Crippen LogP contribution >= 0.6 is 11.6 Å². The summed E-state index contributed by atoms with van der Waals surface area (Å²) in [4.78, 5) is 41.8. The van der Waals surface area contributed by atoms with E-state index in [1.165, 1.54) is 17.8 Å². The highest BCUT2D eigenvalue weighted by Gasteiger charge is 2.18. The number of nitrogens with one attached hydrogen (secondary N) is 1. The first-order chi connectivity index (χ1) is 12.9. The van der Waals surface area contributed by atoms with Gasteiger partial charge in [-0.15, -0.1) is 0 Å². The first kappa shape index (κ1) is 18.7. The summed E-state index contributed by atoms with van der Waals surface area (Å²) in [5, 5.41) is 3.31. The Labute approximate surface area is 159 Å². The highest BCUT2D eigenvalue weighted by atomic mass is 35.5. The standard InChI is InChI=1S/C18H17ClN4O4/c1-3-27-13-8-9-20-16-15(13)17(25)23(18(26)22(16)2)10-14(24)21-12-6-4-11(19)5-7-12/h4-9H,3,10H2,1-2H3,(H,21,24). The summed E-state index contributed by atoms with van der Waals surface area (Å²) in [6, 6.07) is 8.05. The highest BCUT2D eigenvalue weighted by molar-refractivity contribution is 6.30. The van der Waals surface area contributed by atoms with E-state index in [4.69, 9.17) is 16.3 Å². The zero-order chi connectivity index (χ0) is 19.6. The maximum atomic E-state index is 12.9. The molecule has 0 aliphatic rings. The van der Waals surface area contributed by atoms with E-state index in [0.29, 0.717) is 23.1 Å². The number of amides is 1. The number of rotatable bonds is 5. The topological polar surface area (TPSA) is 95.2 Å². The zero-order valence-corrected chi connectivity index (χ0v) is 15.5. The summed E-state index contributed by atoms with van der Waals surface area (Å²) in [5.41, 5.74) is -0.562. The third kappa shape index (κ3) is 3.70. The number of halogens is 1. The van der Waals surface area contributed by atoms with E-state index in [2.05, 4.69) is 10.3 Å². The van der Waals surface area contributed by atoms with Crippen molar-refractivity contribution in [3.63, 3.8) is 0 Å². The van der Waals surface area contributed by atoms with Gasteiger partial charge in [-0.05, 0) is 37.3 Å². The van der Waals surface area contributed by atoms with Crippen LogP contribution in [-0.2, 0) is 18.4 Å². The van der Waals surface area contributed by atoms with Crippen LogP contribution in [0.5, 0.6) is 5.75 Å². The van der Waals surface area contributed by atoms with E-state index in [-0.39, 0.29) is 11.0 Å². The number of ether oxygens (including phenoxy) is 1. The molecule has 0 atom stereocenters. The van der Waals surface area contributed by atoms with Crippen LogP contribution in [0.4, 0.5) is 5.69 Å². The Bertz CT molecular complexity index is 1120. The normalized spacial score (nSPS) is 10.8. The predicted octanol–water partition coefficient (Wildman–Crippen LogP) is 1.79. The molecule has 9 heteroatoms. The second kappa shape index (κ2) is 7.63. The van der Waals surface area contributed by atoms with Crippen molar-refractivity contribution in [3.05, 3.63) is 62.4 Å². The van der Waals surface area contributed by atoms with E-state index in [0.717, 1.165) is 4.57 Å². The van der Waals surface area contributed by atoms with Crippen LogP contribution < -0.4 is 21.3 Å². The van der Waals surface area contributed by atoms with Crippen molar-refractivity contribution < 1.29 is 9.53 Å². The van der Waals surface area contributed by atoms with Gasteiger partial charge in [-0.25, -0.2) is 14.3 Å². The molecule has 140 valence electrons. The maximum absolute atomic E-state index is 12.9. The number of aryl methyl sites for hydroxylation is 1. The van der Waals surface area contributed by atoms with Gasteiger partial charge in [0.15, 0.2) is 5.65 Å². The summed E-state index contributed by atoms with van der Waals surface area (Å²) >= 11 is 5.81. The fraction of sp³-hybridized carbons (Fsp3) is 0.222. The lowest BCUT2D eigenvalue weighted by Crippen LogP contribution is -2.42. The van der Waals surface area contributed by atoms with Gasteiger partial charge in [0, 0.05) is 24.0 Å². The Balaban J connectivity index is 2.02. The number of anilines is 1. The minimum absolute atomic E-state index is 0.153. The number of hydrogen-bond donors (Lipinski definition) is 1. The SMILES string of the molecule is CCOc1ccnc2c1c(=O)n(CC(=O)Nc1ccc(Cl)cc1)c(=O)n2C. The quantitative estimate of drug-likeness (QED) is 0.719. The Morgan fingerprint density at radius 3 is 2.59 bits per heavy atom. The first-order valence-corrected chi connectivity index (χ1v) is 8.57. The van der Waals surface area contributed by atoms with Gasteiger partial charge in [0.25, 0.3) is 5.56 Å². The molecule has 1 N–H and O–H groups in total. The van der Waals surface area contributed by atoms with Crippen molar-refractivity contribution in [1.82, 2.24) is 14.1 Å². The summed E-state index contributed by atoms with van der Waals surface area (Å²) in [5.74, 6) is -0.201. The molecule has 0 fully saturated rings. The van der Waals surface area contributed by atoms with Gasteiger partial charge < -0.3 is 10.1 Å². The van der Waals surface area contributed by atoms with Crippen LogP contribution in [0.25, 0.3) is 11.0 Å². The van der Waals surface area contributed by atoms with Gasteiger partial charge in [-0.1, -0.05) is 11.6 Å². The Kier molecular flexibility index (Phi) is 5.27. The number of aromatic nitrogens is 3. The molecule has 0 aliphatic heterocycles. The third-order valence-electron chi connectivity index (χ3n) is 3.92. The lowest BCUT2D eigenvalue weighted by Gasteiger charge is -2.12. The van der Waals surface area contributed by atoms with Crippen molar-refractivity contribution in [2.45, 2.75) is 13.5 Å². The van der Waals surface area contributed by atoms with Gasteiger partial charge in [0.1, 0.15) is 17.7 Å². The fourth-order valence-corrected chi connectivity index (χ4v) is 2.80. The average Bonchev–Trinajstić information content (AvgIpc) is 2.65. The van der Waals surface area contributed by atoms with Crippen molar-refractivity contribution in [1.29, 1.82) is 0 Å². The van der Waals surface area contributed by atoms with Crippen LogP contribution in [0.2, 0.25) is 5.02 Å². The van der Waals surface area contributed by atoms with E-state index < -0.39 is 23.7 Å². The van der Waals surface area contributed by atoms with Gasteiger partial charge in [-0.3, -0.25) is 14.2 Å². The molecule has 1 aromatic carbocycles. The maximum Gasteiger partial charge on any atom is 0.332 e. The molecule has 27 heavy (non-hydrogen) atoms. The molecular formula is C18H17ClN4O4. The number of carbonyl (C=O) groups is 1. The summed E-state index contributed by atoms with van der Waals surface area (Å²) in [6.07, 6.45) is 1.46. The minimum Gasteiger partial charge on any atom is -0.493 e. The number of pyridine rings is 1. The highest BCUT2D eigenvalue weighted by Crippen LogP contribution is 2.19. The number of benzene rings is 1. The monoisotopic (exact) mass is 388 g/mol. The molecule has 3 rings (SSSR count). The number of carbonyl (C=O) groups excluding carboxylic acids is 1. The van der Waals surface area contributed by atoms with Crippen molar-refractivity contribution >= 4 is 34.2 Å². The molecule has 0 spiro atoms. The van der Waals surface area contributed by atoms with E-state index >= 15 is 0 Å². The molecule has 0 aliphatic carbocycles. The van der Waals surface area contributed by atoms with Crippen LogP contribution in [0.15, 0.2) is 46.1 Å². The zero-order valence-electron chi connectivity index (χ0n) is 14.7. The van der Waals surface area contributed by atoms with E-state index in [1.54, 1.807) is 37.3 Å². The molecule has 2 aromatic heterocycles. The van der Waals surface area contributed by atoms with Gasteiger partial charge >= 0.3 is 5.69 Å². The Hall–Kier alpha value is -3.13. The minimum atomic E-state index is -0.639. The van der Waals surface area contributed by atoms with Crippen molar-refractivity contribution in [2.24, 2.45) is 7.05 Å². The van der Waals surface area contributed by atoms with Crippen LogP contribution in [0, 0.1) is 0 Å². The van der Waals surface area contributed by atoms with Gasteiger partial charge in [0.2, 0.25) is 5.91 Å². The van der Waals surface area contributed by atoms with Crippen LogP contribution in [0.3, 0.4) is 0 Å². The summed E-state index contributed by atoms with van der Waals surface area (Å²) in [6.45, 7) is 1.69. The second-order valence-electron chi connectivity index (χ2n) is 5.73. The molecule has 0 radical (unpaired) electrons. The molecule has 1 amide bonds. The second-order valence-corrected chi connectivity index (χ2v) is 6.17. The number of fused-ring (bicyclic) bond motifs is 1. The third-order valence-corrected chi connectivity index (χ3v) is 4.17. The molecule has 0 unspecified atom stereocenters. The summed E-state index contributed by atoms with van der Waals surface area (Å²) in [7, 11) is 1.49. The van der Waals surface area contributed by atoms with Crippen molar-refractivity contribution in [3.8, 4) is 5.75 Å². The van der Waals surface area contributed by atoms with Crippen LogP contribution in [-0.4, -0.2) is 26.6 Å². The number of nitrogens with zero attached hydrogens (tertiary/aromatic N) is 3. The number of hydrogen-bond acceptors (Lipinski definition) is 5. The molecular weight excluding hydrogens is 372 g/mol. The molecule has 0 saturated carbocycles. The van der Waals surface area contributed by atoms with Gasteiger partial charge in [0.05, 0.1) is 6.61 Å². The Morgan fingerprint density at radius 1 is 1.22 bits per heavy atom. The van der Waals surface area contributed by atoms with E-state index in [9.17, 15) is 14.4 Å². The van der Waals surface area contributed by atoms with Crippen molar-refractivity contribution in [2.75, 3.05) is 11.9 Å². The molecule has 0 bridgehead atoms. The predicted molar refractivity (Wildman–Crippen MR) is 102 cm³/mol. The summed E-state index contributed by atoms with van der Waals surface area (Å²) < 4.78 is 7.56. The van der Waals surface area contributed by atoms with E-state index in [1.807, 2.05) is 0 Å². The lowest BCUT2D eigenvalue weighted by molar-refractivity contribution is -0.116.